The topological polar surface area (TPSA) is 86.7 Å². The molecule has 0 spiro atoms. The molecule has 1 saturated heterocycles. The number of carbonyl (C=O) groups excluding carboxylic acids is 2. The average Bonchev–Trinajstić information content (AvgIpc) is 2.41. The van der Waals surface area contributed by atoms with Crippen LogP contribution in [0.25, 0.3) is 0 Å². The van der Waals surface area contributed by atoms with Crippen LogP contribution in [0.5, 0.6) is 0 Å². The number of alkyl halides is 1. The number of halogens is 2. The first-order valence-corrected chi connectivity index (χ1v) is 8.53. The molecule has 1 aliphatic heterocycles. The summed E-state index contributed by atoms with van der Waals surface area (Å²) in [5.74, 6) is -1.98. The number of β-lactam (4-membered cyclic amide) rings is 1. The van der Waals surface area contributed by atoms with E-state index in [2.05, 4.69) is 5.32 Å². The third-order valence-electron chi connectivity index (χ3n) is 3.22. The first kappa shape index (κ1) is 18.4. The summed E-state index contributed by atoms with van der Waals surface area (Å²) in [6.45, 7) is 5.07. The lowest BCUT2D eigenvalue weighted by molar-refractivity contribution is -0.163. The van der Waals surface area contributed by atoms with E-state index < -0.39 is 34.2 Å². The van der Waals surface area contributed by atoms with Crippen LogP contribution in [0.2, 0.25) is 0 Å². The highest BCUT2D eigenvalue weighted by Crippen LogP contribution is 2.39. The number of rotatable bonds is 7. The minimum absolute atomic E-state index is 0.279. The van der Waals surface area contributed by atoms with Gasteiger partial charge in [0.2, 0.25) is 5.91 Å². The summed E-state index contributed by atoms with van der Waals surface area (Å²) in [5.41, 5.74) is -0.900. The van der Waals surface area contributed by atoms with E-state index in [1.54, 1.807) is 13.8 Å². The van der Waals surface area contributed by atoms with E-state index in [-0.39, 0.29) is 5.91 Å². The normalized spacial score (nSPS) is 23.5. The minimum atomic E-state index is -1.19. The highest BCUT2D eigenvalue weighted by molar-refractivity contribution is 8.22. The molecule has 0 aliphatic carbocycles. The van der Waals surface area contributed by atoms with Crippen molar-refractivity contribution < 1.29 is 19.5 Å². The predicted molar refractivity (Wildman–Crippen MR) is 82.3 cm³/mol. The lowest BCUT2D eigenvalue weighted by atomic mass is 9.95. The van der Waals surface area contributed by atoms with Crippen molar-refractivity contribution in [3.8, 4) is 0 Å². The fourth-order valence-electron chi connectivity index (χ4n) is 2.14. The van der Waals surface area contributed by atoms with E-state index in [1.165, 1.54) is 0 Å². The number of carboxylic acids is 1. The van der Waals surface area contributed by atoms with Gasteiger partial charge in [-0.15, -0.1) is 0 Å². The fraction of sp³-hybridized carbons (Fsp3) is 0.750. The Labute approximate surface area is 137 Å². The number of aliphatic carboxylic acids is 1. The third-order valence-corrected chi connectivity index (χ3v) is 5.50. The summed E-state index contributed by atoms with van der Waals surface area (Å²) >= 11 is 6.10. The van der Waals surface area contributed by atoms with Gasteiger partial charge in [0.1, 0.15) is 17.6 Å². The molecule has 0 radical (unpaired) electrons. The Balaban J connectivity index is 2.85. The first-order valence-electron chi connectivity index (χ1n) is 6.45. The molecule has 3 atom stereocenters. The lowest BCUT2D eigenvalue weighted by Gasteiger charge is -2.49. The van der Waals surface area contributed by atoms with Gasteiger partial charge < -0.3 is 15.3 Å². The monoisotopic (exact) mass is 356 g/mol. The van der Waals surface area contributed by atoms with Crippen LogP contribution in [-0.4, -0.2) is 50.1 Å². The molecule has 1 aliphatic rings. The van der Waals surface area contributed by atoms with E-state index in [0.717, 1.165) is 15.9 Å². The second kappa shape index (κ2) is 7.07. The molecule has 0 aromatic heterocycles. The van der Waals surface area contributed by atoms with E-state index >= 15 is 0 Å². The highest BCUT2D eigenvalue weighted by atomic mass is 35.7. The van der Waals surface area contributed by atoms with E-state index in [1.807, 2.05) is 6.92 Å². The molecule has 0 saturated carbocycles. The second-order valence-electron chi connectivity index (χ2n) is 5.33. The Morgan fingerprint density at radius 3 is 2.48 bits per heavy atom. The molecule has 2 N–H and O–H groups in total. The van der Waals surface area contributed by atoms with Crippen molar-refractivity contribution in [3.05, 3.63) is 0 Å². The number of nitrogens with zero attached hydrogens (tertiary/aromatic N) is 1. The maximum Gasteiger partial charge on any atom is 0.327 e. The van der Waals surface area contributed by atoms with E-state index in [9.17, 15) is 19.5 Å². The third kappa shape index (κ3) is 3.76. The number of hydrogen-bond donors (Lipinski definition) is 2. The fourth-order valence-corrected chi connectivity index (χ4v) is 3.08. The van der Waals surface area contributed by atoms with Gasteiger partial charge >= 0.3 is 5.97 Å². The van der Waals surface area contributed by atoms with Crippen molar-refractivity contribution in [2.24, 2.45) is 0 Å². The standard InChI is InChI=1S/C12H18Cl2N2O4S/c1-4-5-6(17)15-7-9(13)16(10(7)18)8(11(19)20)12(2,3)21-14/h7-9H,4-5H2,1-3H3,(H,15,17)(H,19,20). The van der Waals surface area contributed by atoms with Gasteiger partial charge in [0, 0.05) is 6.42 Å². The molecular formula is C12H18Cl2N2O4S. The van der Waals surface area contributed by atoms with Gasteiger partial charge in [0.25, 0.3) is 5.91 Å². The molecule has 3 unspecified atom stereocenters. The van der Waals surface area contributed by atoms with Crippen LogP contribution in [0.3, 0.4) is 0 Å². The zero-order valence-corrected chi connectivity index (χ0v) is 14.3. The summed E-state index contributed by atoms with van der Waals surface area (Å²) in [7, 11) is 6.54. The van der Waals surface area contributed by atoms with Crippen molar-refractivity contribution in [2.75, 3.05) is 0 Å². The van der Waals surface area contributed by atoms with Crippen LogP contribution in [0, 0.1) is 0 Å². The molecule has 21 heavy (non-hydrogen) atoms. The summed E-state index contributed by atoms with van der Waals surface area (Å²) in [5, 5.41) is 11.9. The smallest absolute Gasteiger partial charge is 0.327 e. The van der Waals surface area contributed by atoms with Gasteiger partial charge in [-0.2, -0.15) is 0 Å². The largest absolute Gasteiger partial charge is 0.480 e. The van der Waals surface area contributed by atoms with Gasteiger partial charge in [0.05, 0.1) is 4.75 Å². The maximum absolute atomic E-state index is 12.1. The molecule has 0 aromatic rings. The van der Waals surface area contributed by atoms with Gasteiger partial charge in [-0.3, -0.25) is 9.59 Å². The van der Waals surface area contributed by atoms with Crippen molar-refractivity contribution >= 4 is 51.0 Å². The zero-order chi connectivity index (χ0) is 16.4. The average molecular weight is 357 g/mol. The van der Waals surface area contributed by atoms with Gasteiger partial charge in [-0.05, 0) is 41.9 Å². The number of hydrogen-bond acceptors (Lipinski definition) is 4. The quantitative estimate of drug-likeness (QED) is 0.412. The summed E-state index contributed by atoms with van der Waals surface area (Å²) in [6, 6.07) is -2.06. The molecule has 6 nitrogen and oxygen atoms in total. The Bertz CT molecular complexity index is 447. The molecule has 120 valence electrons. The SMILES string of the molecule is CCCC(=O)NC1C(=O)N(C(C(=O)O)C(C)(C)SCl)C1Cl. The van der Waals surface area contributed by atoms with Gasteiger partial charge in [-0.1, -0.05) is 18.5 Å². The van der Waals surface area contributed by atoms with E-state index in [4.69, 9.17) is 22.3 Å². The van der Waals surface area contributed by atoms with Crippen LogP contribution in [0.4, 0.5) is 0 Å². The first-order chi connectivity index (χ1) is 9.67. The van der Waals surface area contributed by atoms with Crippen LogP contribution in [0.15, 0.2) is 0 Å². The van der Waals surface area contributed by atoms with Crippen LogP contribution in [-0.2, 0) is 14.4 Å². The minimum Gasteiger partial charge on any atom is -0.480 e. The molecule has 0 aromatic carbocycles. The zero-order valence-electron chi connectivity index (χ0n) is 11.9. The Kier molecular flexibility index (Phi) is 6.19. The number of nitrogens with one attached hydrogen (secondary N) is 1. The molecule has 2 amide bonds. The maximum atomic E-state index is 12.1. The number of amides is 2. The summed E-state index contributed by atoms with van der Waals surface area (Å²) in [4.78, 5) is 36.2. The summed E-state index contributed by atoms with van der Waals surface area (Å²) < 4.78 is -0.922. The lowest BCUT2D eigenvalue weighted by Crippen LogP contribution is -2.74. The van der Waals surface area contributed by atoms with Crippen LogP contribution < -0.4 is 5.32 Å². The summed E-state index contributed by atoms with van der Waals surface area (Å²) in [6.07, 6.45) is 0.940. The molecule has 0 bridgehead atoms. The van der Waals surface area contributed by atoms with Crippen molar-refractivity contribution in [1.82, 2.24) is 10.2 Å². The number of carboxylic acid groups (broad SMARTS) is 1. The molecular weight excluding hydrogens is 339 g/mol. The van der Waals surface area contributed by atoms with Gasteiger partial charge in [0.15, 0.2) is 0 Å². The van der Waals surface area contributed by atoms with E-state index in [0.29, 0.717) is 12.8 Å². The molecule has 1 fully saturated rings. The van der Waals surface area contributed by atoms with Crippen molar-refractivity contribution in [2.45, 2.75) is 55.9 Å². The van der Waals surface area contributed by atoms with Crippen molar-refractivity contribution in [3.63, 3.8) is 0 Å². The Morgan fingerprint density at radius 2 is 2.10 bits per heavy atom. The van der Waals surface area contributed by atoms with Gasteiger partial charge in [-0.25, -0.2) is 4.79 Å². The number of likely N-dealkylation sites (tertiary alicyclic amines) is 1. The Hall–Kier alpha value is -0.660. The molecule has 1 rings (SSSR count). The predicted octanol–water partition coefficient (Wildman–Crippen LogP) is 1.80. The Morgan fingerprint density at radius 1 is 1.52 bits per heavy atom. The number of carbonyl (C=O) groups is 3. The van der Waals surface area contributed by atoms with Crippen LogP contribution in [0.1, 0.15) is 33.6 Å². The second-order valence-corrected chi connectivity index (χ2v) is 7.45. The van der Waals surface area contributed by atoms with Crippen LogP contribution >= 0.6 is 33.3 Å². The highest BCUT2D eigenvalue weighted by Gasteiger charge is 2.56. The molecule has 1 heterocycles. The van der Waals surface area contributed by atoms with Crippen molar-refractivity contribution in [1.29, 1.82) is 0 Å². The molecule has 9 heteroatoms.